The normalized spacial score (nSPS) is 21.5. The Hall–Kier alpha value is -0.590. The molecule has 6 heteroatoms. The van der Waals surface area contributed by atoms with Crippen molar-refractivity contribution >= 4 is 31.6 Å². The number of nitrogens with two attached hydrogens (primary N) is 1. The van der Waals surface area contributed by atoms with Crippen LogP contribution in [0.15, 0.2) is 27.6 Å². The van der Waals surface area contributed by atoms with Gasteiger partial charge in [-0.3, -0.25) is 0 Å². The van der Waals surface area contributed by atoms with Crippen LogP contribution in [0.4, 0.5) is 5.69 Å². The van der Waals surface area contributed by atoms with Gasteiger partial charge in [-0.1, -0.05) is 13.3 Å². The lowest BCUT2D eigenvalue weighted by Crippen LogP contribution is -2.43. The summed E-state index contributed by atoms with van der Waals surface area (Å²) in [6, 6.07) is 5.01. The highest BCUT2D eigenvalue weighted by atomic mass is 79.9. The molecule has 1 fully saturated rings. The highest BCUT2D eigenvalue weighted by Gasteiger charge is 2.33. The Labute approximate surface area is 123 Å². The topological polar surface area (TPSA) is 63.4 Å². The number of rotatable bonds is 3. The van der Waals surface area contributed by atoms with Crippen LogP contribution in [0.5, 0.6) is 0 Å². The highest BCUT2D eigenvalue weighted by molar-refractivity contribution is 9.10. The van der Waals surface area contributed by atoms with E-state index >= 15 is 0 Å². The summed E-state index contributed by atoms with van der Waals surface area (Å²) in [4.78, 5) is 0.271. The van der Waals surface area contributed by atoms with Crippen molar-refractivity contribution in [2.24, 2.45) is 0 Å². The average molecular weight is 347 g/mol. The Balaban J connectivity index is 2.43. The minimum atomic E-state index is -3.47. The molecule has 19 heavy (non-hydrogen) atoms. The van der Waals surface area contributed by atoms with Crippen molar-refractivity contribution in [1.29, 1.82) is 0 Å². The third-order valence-electron chi connectivity index (χ3n) is 3.59. The number of nitrogen functional groups attached to an aromatic ring is 1. The van der Waals surface area contributed by atoms with E-state index in [0.717, 1.165) is 25.7 Å². The van der Waals surface area contributed by atoms with Gasteiger partial charge in [0.15, 0.2) is 0 Å². The van der Waals surface area contributed by atoms with Crippen molar-refractivity contribution < 1.29 is 8.42 Å². The van der Waals surface area contributed by atoms with Crippen molar-refractivity contribution in [2.75, 3.05) is 12.3 Å². The van der Waals surface area contributed by atoms with Gasteiger partial charge in [-0.25, -0.2) is 8.42 Å². The van der Waals surface area contributed by atoms with Crippen molar-refractivity contribution in [3.8, 4) is 0 Å². The molecule has 1 heterocycles. The zero-order valence-electron chi connectivity index (χ0n) is 11.0. The first kappa shape index (κ1) is 14.8. The maximum Gasteiger partial charge on any atom is 0.244 e. The number of anilines is 1. The fourth-order valence-corrected chi connectivity index (χ4v) is 5.27. The van der Waals surface area contributed by atoms with Gasteiger partial charge in [-0.15, -0.1) is 0 Å². The molecule has 1 aromatic rings. The van der Waals surface area contributed by atoms with Crippen LogP contribution >= 0.6 is 15.9 Å². The largest absolute Gasteiger partial charge is 0.399 e. The molecule has 0 amide bonds. The van der Waals surface area contributed by atoms with Crippen LogP contribution in [0.3, 0.4) is 0 Å². The van der Waals surface area contributed by atoms with E-state index in [9.17, 15) is 8.42 Å². The lowest BCUT2D eigenvalue weighted by molar-refractivity contribution is 0.246. The second kappa shape index (κ2) is 5.81. The predicted octanol–water partition coefficient (Wildman–Crippen LogP) is 2.98. The molecule has 0 aromatic heterocycles. The van der Waals surface area contributed by atoms with E-state index < -0.39 is 10.0 Å². The number of piperidine rings is 1. The molecule has 1 unspecified atom stereocenters. The zero-order chi connectivity index (χ0) is 14.0. The van der Waals surface area contributed by atoms with Gasteiger partial charge in [0, 0.05) is 22.7 Å². The minimum Gasteiger partial charge on any atom is -0.399 e. The number of hydrogen-bond acceptors (Lipinski definition) is 3. The van der Waals surface area contributed by atoms with Crippen LogP contribution in [0, 0.1) is 0 Å². The Bertz CT molecular complexity index is 560. The molecular weight excluding hydrogens is 328 g/mol. The van der Waals surface area contributed by atoms with Gasteiger partial charge in [-0.2, -0.15) is 4.31 Å². The molecule has 0 aliphatic carbocycles. The SMILES string of the molecule is CCC1CCCCN1S(=O)(=O)c1cc(N)ccc1Br. The summed E-state index contributed by atoms with van der Waals surface area (Å²) in [5.74, 6) is 0. The van der Waals surface area contributed by atoms with Crippen molar-refractivity contribution in [3.05, 3.63) is 22.7 Å². The van der Waals surface area contributed by atoms with Crippen molar-refractivity contribution in [1.82, 2.24) is 4.31 Å². The van der Waals surface area contributed by atoms with E-state index in [1.807, 2.05) is 6.92 Å². The molecule has 1 aliphatic heterocycles. The van der Waals surface area contributed by atoms with E-state index in [2.05, 4.69) is 15.9 Å². The van der Waals surface area contributed by atoms with Crippen molar-refractivity contribution in [3.63, 3.8) is 0 Å². The van der Waals surface area contributed by atoms with Crippen LogP contribution in [0.1, 0.15) is 32.6 Å². The highest BCUT2D eigenvalue weighted by Crippen LogP contribution is 2.31. The lowest BCUT2D eigenvalue weighted by Gasteiger charge is -2.34. The van der Waals surface area contributed by atoms with Crippen LogP contribution in [-0.4, -0.2) is 25.3 Å². The minimum absolute atomic E-state index is 0.104. The Morgan fingerprint density at radius 2 is 2.16 bits per heavy atom. The first-order valence-corrected chi connectivity index (χ1v) is 8.77. The fourth-order valence-electron chi connectivity index (χ4n) is 2.54. The molecule has 0 bridgehead atoms. The van der Waals surface area contributed by atoms with Crippen LogP contribution in [0.25, 0.3) is 0 Å². The van der Waals surface area contributed by atoms with Gasteiger partial charge in [0.2, 0.25) is 10.0 Å². The fraction of sp³-hybridized carbons (Fsp3) is 0.538. The predicted molar refractivity (Wildman–Crippen MR) is 80.4 cm³/mol. The number of sulfonamides is 1. The molecule has 1 atom stereocenters. The number of hydrogen-bond donors (Lipinski definition) is 1. The first-order valence-electron chi connectivity index (χ1n) is 6.53. The molecule has 2 rings (SSSR count). The quantitative estimate of drug-likeness (QED) is 0.855. The smallest absolute Gasteiger partial charge is 0.244 e. The third kappa shape index (κ3) is 2.95. The summed E-state index contributed by atoms with van der Waals surface area (Å²) in [6.07, 6.45) is 3.81. The summed E-state index contributed by atoms with van der Waals surface area (Å²) in [5, 5.41) is 0. The van der Waals surface area contributed by atoms with Gasteiger partial charge < -0.3 is 5.73 Å². The monoisotopic (exact) mass is 346 g/mol. The summed E-state index contributed by atoms with van der Waals surface area (Å²) in [7, 11) is -3.47. The Morgan fingerprint density at radius 1 is 1.42 bits per heavy atom. The lowest BCUT2D eigenvalue weighted by atomic mass is 10.0. The molecule has 0 radical (unpaired) electrons. The summed E-state index contributed by atoms with van der Waals surface area (Å²) in [6.45, 7) is 2.63. The van der Waals surface area contributed by atoms with E-state index in [1.165, 1.54) is 6.07 Å². The molecule has 2 N–H and O–H groups in total. The van der Waals surface area contributed by atoms with Crippen LogP contribution < -0.4 is 5.73 Å². The summed E-state index contributed by atoms with van der Waals surface area (Å²) in [5.41, 5.74) is 6.18. The zero-order valence-corrected chi connectivity index (χ0v) is 13.4. The van der Waals surface area contributed by atoms with E-state index in [0.29, 0.717) is 16.7 Å². The van der Waals surface area contributed by atoms with Crippen LogP contribution in [-0.2, 0) is 10.0 Å². The molecule has 1 saturated heterocycles. The standard InChI is InChI=1S/C13H19BrN2O2S/c1-2-11-5-3-4-8-16(11)19(17,18)13-9-10(15)6-7-12(13)14/h6-7,9,11H,2-5,8,15H2,1H3. The summed E-state index contributed by atoms with van der Waals surface area (Å²) >= 11 is 3.31. The summed E-state index contributed by atoms with van der Waals surface area (Å²) < 4.78 is 27.7. The van der Waals surface area contributed by atoms with Crippen molar-refractivity contribution in [2.45, 2.75) is 43.5 Å². The Kier molecular flexibility index (Phi) is 4.53. The van der Waals surface area contributed by atoms with E-state index in [-0.39, 0.29) is 10.9 Å². The van der Waals surface area contributed by atoms with Gasteiger partial charge in [-0.05, 0) is 53.4 Å². The van der Waals surface area contributed by atoms with Crippen LogP contribution in [0.2, 0.25) is 0 Å². The van der Waals surface area contributed by atoms with Gasteiger partial charge >= 0.3 is 0 Å². The molecular formula is C13H19BrN2O2S. The van der Waals surface area contributed by atoms with E-state index in [1.54, 1.807) is 16.4 Å². The maximum atomic E-state index is 12.8. The molecule has 4 nitrogen and oxygen atoms in total. The van der Waals surface area contributed by atoms with Gasteiger partial charge in [0.1, 0.15) is 0 Å². The van der Waals surface area contributed by atoms with E-state index in [4.69, 9.17) is 5.73 Å². The number of halogens is 1. The molecule has 0 saturated carbocycles. The number of nitrogens with zero attached hydrogens (tertiary/aromatic N) is 1. The second-order valence-electron chi connectivity index (χ2n) is 4.86. The maximum absolute atomic E-state index is 12.8. The molecule has 1 aromatic carbocycles. The first-order chi connectivity index (χ1) is 8.96. The molecule has 0 spiro atoms. The number of benzene rings is 1. The molecule has 1 aliphatic rings. The van der Waals surface area contributed by atoms with Gasteiger partial charge in [0.05, 0.1) is 4.90 Å². The third-order valence-corrected chi connectivity index (χ3v) is 6.53. The van der Waals surface area contributed by atoms with Gasteiger partial charge in [0.25, 0.3) is 0 Å². The average Bonchev–Trinajstić information content (AvgIpc) is 2.41. The second-order valence-corrected chi connectivity index (χ2v) is 7.58. The Morgan fingerprint density at radius 3 is 2.84 bits per heavy atom. The molecule has 106 valence electrons.